The molecular formula is C11H14BrNO5S2. The third-order valence-electron chi connectivity index (χ3n) is 3.06. The fraction of sp³-hybridized carbons (Fsp3) is 0.545. The first-order chi connectivity index (χ1) is 9.40. The van der Waals surface area contributed by atoms with Crippen molar-refractivity contribution in [2.24, 2.45) is 5.92 Å². The smallest absolute Gasteiger partial charge is 0.371 e. The van der Waals surface area contributed by atoms with Gasteiger partial charge in [0.2, 0.25) is 15.8 Å². The fourth-order valence-electron chi connectivity index (χ4n) is 1.90. The second-order valence-corrected chi connectivity index (χ2v) is 8.14. The number of sulfonamides is 1. The fourth-order valence-corrected chi connectivity index (χ4v) is 5.15. The molecule has 0 aromatic carbocycles. The molecule has 6 nitrogen and oxygen atoms in total. The summed E-state index contributed by atoms with van der Waals surface area (Å²) in [5.74, 6) is 0.703. The lowest BCUT2D eigenvalue weighted by Crippen LogP contribution is -2.31. The van der Waals surface area contributed by atoms with Crippen LogP contribution in [0.25, 0.3) is 0 Å². The van der Waals surface area contributed by atoms with Crippen molar-refractivity contribution < 1.29 is 22.7 Å². The van der Waals surface area contributed by atoms with Crippen molar-refractivity contribution in [2.75, 3.05) is 18.1 Å². The molecule has 0 saturated carbocycles. The van der Waals surface area contributed by atoms with E-state index < -0.39 is 21.8 Å². The third-order valence-corrected chi connectivity index (χ3v) is 6.39. The number of furan rings is 1. The Morgan fingerprint density at radius 3 is 2.70 bits per heavy atom. The molecule has 2 rings (SSSR count). The lowest BCUT2D eigenvalue weighted by molar-refractivity contribution is 0.0661. The van der Waals surface area contributed by atoms with Crippen LogP contribution in [-0.2, 0) is 10.0 Å². The maximum Gasteiger partial charge on any atom is 0.371 e. The van der Waals surface area contributed by atoms with Gasteiger partial charge in [-0.1, -0.05) is 0 Å². The van der Waals surface area contributed by atoms with E-state index in [9.17, 15) is 13.2 Å². The standard InChI is InChI=1S/C11H14BrNO5S2/c12-10-9(5-8(18-10)11(14)15)20(16,17)13-6-7-1-3-19-4-2-7/h5,7,13H,1-4,6H2,(H,14,15). The number of carboxylic acids is 1. The molecule has 1 fully saturated rings. The van der Waals surface area contributed by atoms with Crippen LogP contribution < -0.4 is 4.72 Å². The zero-order valence-corrected chi connectivity index (χ0v) is 13.7. The van der Waals surface area contributed by atoms with Crippen molar-refractivity contribution in [2.45, 2.75) is 17.7 Å². The zero-order valence-electron chi connectivity index (χ0n) is 10.5. The van der Waals surface area contributed by atoms with Crippen LogP contribution in [0.3, 0.4) is 0 Å². The van der Waals surface area contributed by atoms with Gasteiger partial charge in [0.15, 0.2) is 4.67 Å². The van der Waals surface area contributed by atoms with Crippen molar-refractivity contribution in [1.82, 2.24) is 4.72 Å². The molecule has 2 heterocycles. The van der Waals surface area contributed by atoms with Crippen LogP contribution in [-0.4, -0.2) is 37.5 Å². The largest absolute Gasteiger partial charge is 0.475 e. The van der Waals surface area contributed by atoms with Gasteiger partial charge >= 0.3 is 5.97 Å². The van der Waals surface area contributed by atoms with E-state index in [4.69, 9.17) is 9.52 Å². The Hall–Kier alpha value is -0.510. The molecular weight excluding hydrogens is 370 g/mol. The van der Waals surface area contributed by atoms with Crippen molar-refractivity contribution in [1.29, 1.82) is 0 Å². The van der Waals surface area contributed by atoms with Crippen LogP contribution in [0, 0.1) is 5.92 Å². The first-order valence-corrected chi connectivity index (χ1v) is 9.43. The highest BCUT2D eigenvalue weighted by Crippen LogP contribution is 2.27. The second kappa shape index (κ2) is 6.50. The van der Waals surface area contributed by atoms with E-state index >= 15 is 0 Å². The van der Waals surface area contributed by atoms with Gasteiger partial charge in [-0.2, -0.15) is 11.8 Å². The van der Waals surface area contributed by atoms with Crippen molar-refractivity contribution in [3.8, 4) is 0 Å². The maximum atomic E-state index is 12.1. The number of rotatable bonds is 5. The van der Waals surface area contributed by atoms with E-state index in [-0.39, 0.29) is 9.56 Å². The molecule has 9 heteroatoms. The van der Waals surface area contributed by atoms with Gasteiger partial charge in [-0.05, 0) is 46.2 Å². The Balaban J connectivity index is 2.07. The molecule has 20 heavy (non-hydrogen) atoms. The molecule has 0 bridgehead atoms. The van der Waals surface area contributed by atoms with E-state index in [1.807, 2.05) is 11.8 Å². The van der Waals surface area contributed by atoms with E-state index in [1.165, 1.54) is 0 Å². The molecule has 112 valence electrons. The minimum Gasteiger partial charge on any atom is -0.475 e. The van der Waals surface area contributed by atoms with Crippen molar-refractivity contribution in [3.05, 3.63) is 16.5 Å². The molecule has 0 aliphatic carbocycles. The molecule has 0 atom stereocenters. The van der Waals surface area contributed by atoms with Gasteiger partial charge in [-0.25, -0.2) is 17.9 Å². The molecule has 1 saturated heterocycles. The minimum absolute atomic E-state index is 0.0957. The molecule has 1 aromatic rings. The van der Waals surface area contributed by atoms with E-state index in [2.05, 4.69) is 20.7 Å². The Labute approximate surface area is 129 Å². The number of hydrogen-bond acceptors (Lipinski definition) is 5. The van der Waals surface area contributed by atoms with Crippen LogP contribution in [0.4, 0.5) is 0 Å². The zero-order chi connectivity index (χ0) is 14.8. The van der Waals surface area contributed by atoms with Gasteiger partial charge in [-0.15, -0.1) is 0 Å². The number of carbonyl (C=O) groups is 1. The molecule has 2 N–H and O–H groups in total. The van der Waals surface area contributed by atoms with E-state index in [0.29, 0.717) is 12.5 Å². The van der Waals surface area contributed by atoms with Gasteiger partial charge in [-0.3, -0.25) is 0 Å². The van der Waals surface area contributed by atoms with Crippen LogP contribution >= 0.6 is 27.7 Å². The summed E-state index contributed by atoms with van der Waals surface area (Å²) in [5, 5.41) is 8.79. The molecule has 1 aromatic heterocycles. The van der Waals surface area contributed by atoms with Crippen LogP contribution in [0.2, 0.25) is 0 Å². The van der Waals surface area contributed by atoms with Gasteiger partial charge in [0.25, 0.3) is 0 Å². The molecule has 0 amide bonds. The summed E-state index contributed by atoms with van der Waals surface area (Å²) in [4.78, 5) is 10.6. The normalized spacial score (nSPS) is 17.2. The van der Waals surface area contributed by atoms with E-state index in [1.54, 1.807) is 0 Å². The predicted octanol–water partition coefficient (Wildman–Crippen LogP) is 2.16. The summed E-state index contributed by atoms with van der Waals surface area (Å²) in [6, 6.07) is 1.01. The highest BCUT2D eigenvalue weighted by molar-refractivity contribution is 9.10. The summed E-state index contributed by atoms with van der Waals surface area (Å²) < 4.78 is 31.5. The number of thioether (sulfide) groups is 1. The second-order valence-electron chi connectivity index (χ2n) is 4.46. The average Bonchev–Trinajstić information content (AvgIpc) is 2.81. The Morgan fingerprint density at radius 2 is 2.15 bits per heavy atom. The molecule has 0 radical (unpaired) electrons. The topological polar surface area (TPSA) is 96.6 Å². The Kier molecular flexibility index (Phi) is 5.16. The highest BCUT2D eigenvalue weighted by Gasteiger charge is 2.26. The number of hydrogen-bond donors (Lipinski definition) is 2. The summed E-state index contributed by atoms with van der Waals surface area (Å²) in [7, 11) is -3.76. The van der Waals surface area contributed by atoms with Gasteiger partial charge in [0.05, 0.1) is 0 Å². The Bertz CT molecular complexity index is 592. The third kappa shape index (κ3) is 3.78. The highest BCUT2D eigenvalue weighted by atomic mass is 79.9. The van der Waals surface area contributed by atoms with Crippen LogP contribution in [0.15, 0.2) is 20.0 Å². The lowest BCUT2D eigenvalue weighted by Gasteiger charge is -2.21. The first kappa shape index (κ1) is 15.9. The van der Waals surface area contributed by atoms with Gasteiger partial charge < -0.3 is 9.52 Å². The minimum atomic E-state index is -3.76. The number of aromatic carboxylic acids is 1. The van der Waals surface area contributed by atoms with Crippen LogP contribution in [0.1, 0.15) is 23.4 Å². The first-order valence-electron chi connectivity index (χ1n) is 6.00. The molecule has 0 spiro atoms. The maximum absolute atomic E-state index is 12.1. The summed E-state index contributed by atoms with van der Waals surface area (Å²) >= 11 is 4.81. The summed E-state index contributed by atoms with van der Waals surface area (Å²) in [6.07, 6.45) is 1.97. The average molecular weight is 384 g/mol. The quantitative estimate of drug-likeness (QED) is 0.808. The number of halogens is 1. The number of carboxylic acid groups (broad SMARTS) is 1. The Morgan fingerprint density at radius 1 is 1.50 bits per heavy atom. The molecule has 1 aliphatic rings. The van der Waals surface area contributed by atoms with Crippen LogP contribution in [0.5, 0.6) is 0 Å². The summed E-state index contributed by atoms with van der Waals surface area (Å²) in [6.45, 7) is 0.364. The van der Waals surface area contributed by atoms with Gasteiger partial charge in [0, 0.05) is 12.6 Å². The predicted molar refractivity (Wildman–Crippen MR) is 78.6 cm³/mol. The van der Waals surface area contributed by atoms with E-state index in [0.717, 1.165) is 30.4 Å². The SMILES string of the molecule is O=C(O)c1cc(S(=O)(=O)NCC2CCSCC2)c(Br)o1. The monoisotopic (exact) mass is 383 g/mol. The summed E-state index contributed by atoms with van der Waals surface area (Å²) in [5.41, 5.74) is 0. The molecule has 0 unspecified atom stereocenters. The van der Waals surface area contributed by atoms with Crippen molar-refractivity contribution >= 4 is 43.7 Å². The van der Waals surface area contributed by atoms with Gasteiger partial charge in [0.1, 0.15) is 4.90 Å². The number of nitrogens with one attached hydrogen (secondary N) is 1. The lowest BCUT2D eigenvalue weighted by atomic mass is 10.0. The van der Waals surface area contributed by atoms with Crippen molar-refractivity contribution in [3.63, 3.8) is 0 Å². The molecule has 1 aliphatic heterocycles.